The molecule has 4 heteroatoms. The normalized spacial score (nSPS) is 23.2. The molecule has 1 aromatic rings. The van der Waals surface area contributed by atoms with Gasteiger partial charge in [0.25, 0.3) is 0 Å². The lowest BCUT2D eigenvalue weighted by molar-refractivity contribution is 0.249. The van der Waals surface area contributed by atoms with Crippen LogP contribution in [0, 0.1) is 0 Å². The Bertz CT molecular complexity index is 305. The SMILES string of the molecule is Cn1nccc1CCC(F)C1CCCN1. The average molecular weight is 211 g/mol. The standard InChI is InChI=1S/C11H18FN3/c1-15-9(6-8-14-15)4-5-10(12)11-3-2-7-13-11/h6,8,10-11,13H,2-5,7H2,1H3. The highest BCUT2D eigenvalue weighted by molar-refractivity contribution is 5.00. The quantitative estimate of drug-likeness (QED) is 0.816. The van der Waals surface area contributed by atoms with Crippen molar-refractivity contribution in [3.05, 3.63) is 18.0 Å². The van der Waals surface area contributed by atoms with Gasteiger partial charge in [0.15, 0.2) is 0 Å². The Labute approximate surface area is 89.7 Å². The molecule has 2 rings (SSSR count). The fraction of sp³-hybridized carbons (Fsp3) is 0.727. The van der Waals surface area contributed by atoms with E-state index in [2.05, 4.69) is 10.4 Å². The number of hydrogen-bond acceptors (Lipinski definition) is 2. The van der Waals surface area contributed by atoms with Crippen LogP contribution in [-0.4, -0.2) is 28.5 Å². The Morgan fingerprint density at radius 3 is 3.20 bits per heavy atom. The van der Waals surface area contributed by atoms with E-state index in [1.165, 1.54) is 0 Å². The van der Waals surface area contributed by atoms with E-state index in [4.69, 9.17) is 0 Å². The lowest BCUT2D eigenvalue weighted by Gasteiger charge is -2.15. The number of nitrogens with one attached hydrogen (secondary N) is 1. The first-order valence-electron chi connectivity index (χ1n) is 5.61. The van der Waals surface area contributed by atoms with Crippen LogP contribution in [-0.2, 0) is 13.5 Å². The van der Waals surface area contributed by atoms with E-state index >= 15 is 0 Å². The van der Waals surface area contributed by atoms with Crippen molar-refractivity contribution < 1.29 is 4.39 Å². The van der Waals surface area contributed by atoms with Gasteiger partial charge in [-0.25, -0.2) is 4.39 Å². The van der Waals surface area contributed by atoms with Gasteiger partial charge in [0.05, 0.1) is 0 Å². The van der Waals surface area contributed by atoms with Crippen LogP contribution in [0.4, 0.5) is 4.39 Å². The van der Waals surface area contributed by atoms with Gasteiger partial charge in [-0.2, -0.15) is 5.10 Å². The Hall–Kier alpha value is -0.900. The van der Waals surface area contributed by atoms with Crippen LogP contribution >= 0.6 is 0 Å². The molecule has 1 aromatic heterocycles. The van der Waals surface area contributed by atoms with Crippen LogP contribution in [0.3, 0.4) is 0 Å². The summed E-state index contributed by atoms with van der Waals surface area (Å²) in [4.78, 5) is 0. The van der Waals surface area contributed by atoms with Gasteiger partial charge in [0, 0.05) is 25.0 Å². The van der Waals surface area contributed by atoms with E-state index in [0.717, 1.165) is 31.5 Å². The summed E-state index contributed by atoms with van der Waals surface area (Å²) in [6.45, 7) is 0.969. The predicted molar refractivity (Wildman–Crippen MR) is 57.4 cm³/mol. The third kappa shape index (κ3) is 2.56. The van der Waals surface area contributed by atoms with Crippen molar-refractivity contribution in [1.82, 2.24) is 15.1 Å². The number of rotatable bonds is 4. The largest absolute Gasteiger partial charge is 0.311 e. The maximum atomic E-state index is 13.7. The molecule has 3 nitrogen and oxygen atoms in total. The van der Waals surface area contributed by atoms with Crippen molar-refractivity contribution in [3.8, 4) is 0 Å². The van der Waals surface area contributed by atoms with E-state index in [1.807, 2.05) is 17.8 Å². The van der Waals surface area contributed by atoms with Crippen molar-refractivity contribution in [2.75, 3.05) is 6.54 Å². The second-order valence-electron chi connectivity index (χ2n) is 4.20. The second-order valence-corrected chi connectivity index (χ2v) is 4.20. The average Bonchev–Trinajstić information content (AvgIpc) is 2.85. The van der Waals surface area contributed by atoms with Crippen LogP contribution in [0.5, 0.6) is 0 Å². The molecular formula is C11H18FN3. The third-order valence-electron chi connectivity index (χ3n) is 3.13. The van der Waals surface area contributed by atoms with Gasteiger partial charge in [-0.05, 0) is 38.3 Å². The molecule has 0 aromatic carbocycles. The highest BCUT2D eigenvalue weighted by Gasteiger charge is 2.23. The van der Waals surface area contributed by atoms with Gasteiger partial charge in [0.1, 0.15) is 6.17 Å². The summed E-state index contributed by atoms with van der Waals surface area (Å²) in [5.74, 6) is 0. The number of aryl methyl sites for hydroxylation is 2. The zero-order chi connectivity index (χ0) is 10.7. The van der Waals surface area contributed by atoms with Gasteiger partial charge >= 0.3 is 0 Å². The zero-order valence-electron chi connectivity index (χ0n) is 9.12. The van der Waals surface area contributed by atoms with Gasteiger partial charge in [-0.15, -0.1) is 0 Å². The fourth-order valence-electron chi connectivity index (χ4n) is 2.15. The lowest BCUT2D eigenvalue weighted by atomic mass is 10.0. The molecule has 0 aliphatic carbocycles. The molecule has 1 aliphatic rings. The lowest BCUT2D eigenvalue weighted by Crippen LogP contribution is -2.32. The fourth-order valence-corrected chi connectivity index (χ4v) is 2.15. The molecule has 15 heavy (non-hydrogen) atoms. The van der Waals surface area contributed by atoms with Crippen LogP contribution in [0.25, 0.3) is 0 Å². The maximum absolute atomic E-state index is 13.7. The van der Waals surface area contributed by atoms with Crippen LogP contribution in [0.2, 0.25) is 0 Å². The summed E-state index contributed by atoms with van der Waals surface area (Å²) in [6, 6.07) is 2.03. The number of alkyl halides is 1. The topological polar surface area (TPSA) is 29.9 Å². The van der Waals surface area contributed by atoms with Gasteiger partial charge in [-0.3, -0.25) is 4.68 Å². The molecule has 84 valence electrons. The molecule has 0 spiro atoms. The van der Waals surface area contributed by atoms with E-state index in [9.17, 15) is 4.39 Å². The molecule has 2 heterocycles. The molecule has 1 aliphatic heterocycles. The summed E-state index contributed by atoms with van der Waals surface area (Å²) in [5, 5.41) is 7.27. The molecule has 1 N–H and O–H groups in total. The Balaban J connectivity index is 1.80. The highest BCUT2D eigenvalue weighted by Crippen LogP contribution is 2.16. The van der Waals surface area contributed by atoms with Crippen molar-refractivity contribution in [2.24, 2.45) is 7.05 Å². The highest BCUT2D eigenvalue weighted by atomic mass is 19.1. The summed E-state index contributed by atoms with van der Waals surface area (Å²) in [5.41, 5.74) is 1.11. The van der Waals surface area contributed by atoms with Crippen molar-refractivity contribution in [2.45, 2.75) is 37.9 Å². The summed E-state index contributed by atoms with van der Waals surface area (Å²) >= 11 is 0. The summed E-state index contributed by atoms with van der Waals surface area (Å²) < 4.78 is 15.6. The summed E-state index contributed by atoms with van der Waals surface area (Å²) in [6.07, 6.45) is 4.50. The Morgan fingerprint density at radius 1 is 1.73 bits per heavy atom. The molecular weight excluding hydrogens is 193 g/mol. The number of hydrogen-bond donors (Lipinski definition) is 1. The van der Waals surface area contributed by atoms with Gasteiger partial charge < -0.3 is 5.32 Å². The molecule has 1 saturated heterocycles. The van der Waals surface area contributed by atoms with Crippen LogP contribution in [0.1, 0.15) is 25.0 Å². The van der Waals surface area contributed by atoms with Crippen molar-refractivity contribution in [1.29, 1.82) is 0 Å². The third-order valence-corrected chi connectivity index (χ3v) is 3.13. The molecule has 0 radical (unpaired) electrons. The molecule has 1 fully saturated rings. The first-order chi connectivity index (χ1) is 7.27. The Morgan fingerprint density at radius 2 is 2.60 bits per heavy atom. The first-order valence-corrected chi connectivity index (χ1v) is 5.61. The summed E-state index contributed by atoms with van der Waals surface area (Å²) in [7, 11) is 1.90. The molecule has 2 atom stereocenters. The minimum absolute atomic E-state index is 0.0817. The number of nitrogens with zero attached hydrogens (tertiary/aromatic N) is 2. The maximum Gasteiger partial charge on any atom is 0.116 e. The van der Waals surface area contributed by atoms with E-state index in [0.29, 0.717) is 6.42 Å². The van der Waals surface area contributed by atoms with Gasteiger partial charge in [-0.1, -0.05) is 0 Å². The monoisotopic (exact) mass is 211 g/mol. The van der Waals surface area contributed by atoms with Crippen molar-refractivity contribution in [3.63, 3.8) is 0 Å². The minimum atomic E-state index is -0.720. The smallest absolute Gasteiger partial charge is 0.116 e. The van der Waals surface area contributed by atoms with Crippen molar-refractivity contribution >= 4 is 0 Å². The van der Waals surface area contributed by atoms with Crippen LogP contribution in [0.15, 0.2) is 12.3 Å². The number of halogens is 1. The predicted octanol–water partition coefficient (Wildman–Crippen LogP) is 1.44. The van der Waals surface area contributed by atoms with Gasteiger partial charge in [0.2, 0.25) is 0 Å². The van der Waals surface area contributed by atoms with E-state index < -0.39 is 6.17 Å². The zero-order valence-corrected chi connectivity index (χ0v) is 9.12. The minimum Gasteiger partial charge on any atom is -0.311 e. The Kier molecular flexibility index (Phi) is 3.36. The number of aromatic nitrogens is 2. The molecule has 0 amide bonds. The molecule has 2 unspecified atom stereocenters. The molecule has 0 saturated carbocycles. The van der Waals surface area contributed by atoms with E-state index in [-0.39, 0.29) is 6.04 Å². The van der Waals surface area contributed by atoms with E-state index in [1.54, 1.807) is 6.20 Å². The molecule has 0 bridgehead atoms. The first kappa shape index (κ1) is 10.6. The van der Waals surface area contributed by atoms with Crippen LogP contribution < -0.4 is 5.32 Å². The second kappa shape index (κ2) is 4.75.